The Morgan fingerprint density at radius 1 is 0.828 bits per heavy atom. The summed E-state index contributed by atoms with van der Waals surface area (Å²) in [5.41, 5.74) is 3.20. The molecular weight excluding hydrogens is 384 g/mol. The first-order valence-corrected chi connectivity index (χ1v) is 10.5. The van der Waals surface area contributed by atoms with Crippen molar-refractivity contribution in [3.05, 3.63) is 85.1 Å². The van der Waals surface area contributed by atoms with Crippen LogP contribution in [0.15, 0.2) is 90.0 Å². The Morgan fingerprint density at radius 3 is 2.34 bits per heavy atom. The third-order valence-electron chi connectivity index (χ3n) is 4.86. The highest BCUT2D eigenvalue weighted by molar-refractivity contribution is 7.89. The zero-order valence-corrected chi connectivity index (χ0v) is 16.0. The van der Waals surface area contributed by atoms with E-state index in [-0.39, 0.29) is 4.90 Å². The van der Waals surface area contributed by atoms with Crippen LogP contribution in [-0.2, 0) is 10.0 Å². The first-order chi connectivity index (χ1) is 14.0. The third-order valence-corrected chi connectivity index (χ3v) is 5.79. The van der Waals surface area contributed by atoms with E-state index in [0.717, 1.165) is 27.5 Å². The van der Waals surface area contributed by atoms with Gasteiger partial charge >= 0.3 is 0 Å². The smallest absolute Gasteiger partial charge is 0.238 e. The number of hydrogen-bond donors (Lipinski definition) is 1. The second kappa shape index (κ2) is 6.51. The van der Waals surface area contributed by atoms with Gasteiger partial charge in [0.05, 0.1) is 10.4 Å². The summed E-state index contributed by atoms with van der Waals surface area (Å²) >= 11 is 0. The minimum Gasteiger partial charge on any atom is -0.291 e. The number of fused-ring (bicyclic) bond motifs is 2. The predicted molar refractivity (Wildman–Crippen MR) is 113 cm³/mol. The zero-order chi connectivity index (χ0) is 20.0. The molecule has 2 N–H and O–H groups in total. The molecule has 0 unspecified atom stereocenters. The molecule has 3 aromatic carbocycles. The molecule has 0 fully saturated rings. The standard InChI is InChI=1S/C22H16N4O2S/c23-29(27,28)19-11-8-16(9-12-19)22-25-21-20(6-3-13-24-21)26(22)18-10-7-15-4-1-2-5-17(15)14-18/h1-14H,(H2,23,27,28). The number of benzene rings is 3. The highest BCUT2D eigenvalue weighted by Crippen LogP contribution is 2.29. The van der Waals surface area contributed by atoms with Gasteiger partial charge in [-0.25, -0.2) is 23.5 Å². The first kappa shape index (κ1) is 17.5. The number of aromatic nitrogens is 3. The molecule has 0 aliphatic rings. The Kier molecular flexibility index (Phi) is 3.94. The van der Waals surface area contributed by atoms with Crippen LogP contribution in [0.5, 0.6) is 0 Å². The van der Waals surface area contributed by atoms with Gasteiger partial charge in [0.2, 0.25) is 10.0 Å². The van der Waals surface area contributed by atoms with Gasteiger partial charge in [0.25, 0.3) is 0 Å². The van der Waals surface area contributed by atoms with Crippen molar-refractivity contribution < 1.29 is 8.42 Å². The average molecular weight is 400 g/mol. The molecule has 0 aliphatic heterocycles. The van der Waals surface area contributed by atoms with E-state index in [1.54, 1.807) is 18.3 Å². The highest BCUT2D eigenvalue weighted by Gasteiger charge is 2.16. The van der Waals surface area contributed by atoms with Crippen molar-refractivity contribution in [1.82, 2.24) is 14.5 Å². The fourth-order valence-corrected chi connectivity index (χ4v) is 3.99. The SMILES string of the molecule is NS(=O)(=O)c1ccc(-c2nc3ncccc3n2-c2ccc3ccccc3c2)cc1. The number of nitrogens with zero attached hydrogens (tertiary/aromatic N) is 3. The van der Waals surface area contributed by atoms with Crippen molar-refractivity contribution in [2.24, 2.45) is 5.14 Å². The second-order valence-corrected chi connectivity index (χ2v) is 8.28. The molecule has 0 aliphatic carbocycles. The summed E-state index contributed by atoms with van der Waals surface area (Å²) in [7, 11) is -3.75. The zero-order valence-electron chi connectivity index (χ0n) is 15.2. The normalized spacial score (nSPS) is 11.9. The summed E-state index contributed by atoms with van der Waals surface area (Å²) in [6, 6.07) is 24.6. The van der Waals surface area contributed by atoms with Crippen molar-refractivity contribution >= 4 is 32.0 Å². The van der Waals surface area contributed by atoms with Crippen LogP contribution in [0.2, 0.25) is 0 Å². The van der Waals surface area contributed by atoms with E-state index in [2.05, 4.69) is 29.2 Å². The summed E-state index contributed by atoms with van der Waals surface area (Å²) in [6.45, 7) is 0. The minimum atomic E-state index is -3.75. The third kappa shape index (κ3) is 3.06. The molecule has 6 nitrogen and oxygen atoms in total. The fraction of sp³-hybridized carbons (Fsp3) is 0. The van der Waals surface area contributed by atoms with Crippen LogP contribution in [0.25, 0.3) is 39.0 Å². The lowest BCUT2D eigenvalue weighted by atomic mass is 10.1. The molecule has 7 heteroatoms. The summed E-state index contributed by atoms with van der Waals surface area (Å²) in [6.07, 6.45) is 1.70. The van der Waals surface area contributed by atoms with Gasteiger partial charge < -0.3 is 0 Å². The molecule has 0 atom stereocenters. The highest BCUT2D eigenvalue weighted by atomic mass is 32.2. The van der Waals surface area contributed by atoms with Crippen molar-refractivity contribution in [1.29, 1.82) is 0 Å². The topological polar surface area (TPSA) is 90.9 Å². The largest absolute Gasteiger partial charge is 0.291 e. The van der Waals surface area contributed by atoms with Gasteiger partial charge in [-0.2, -0.15) is 0 Å². The lowest BCUT2D eigenvalue weighted by molar-refractivity contribution is 0.598. The van der Waals surface area contributed by atoms with Crippen LogP contribution in [-0.4, -0.2) is 23.0 Å². The molecule has 0 amide bonds. The van der Waals surface area contributed by atoms with Crippen LogP contribution in [0.4, 0.5) is 0 Å². The van der Waals surface area contributed by atoms with Crippen LogP contribution in [0.1, 0.15) is 0 Å². The van der Waals surface area contributed by atoms with Gasteiger partial charge in [0.15, 0.2) is 5.65 Å². The lowest BCUT2D eigenvalue weighted by Crippen LogP contribution is -2.11. The molecule has 0 spiro atoms. The number of primary sulfonamides is 1. The molecular formula is C22H16N4O2S. The number of nitrogens with two attached hydrogens (primary N) is 1. The molecule has 0 saturated carbocycles. The van der Waals surface area contributed by atoms with Gasteiger partial charge in [0.1, 0.15) is 5.82 Å². The molecule has 5 rings (SSSR count). The van der Waals surface area contributed by atoms with Crippen molar-refractivity contribution in [3.63, 3.8) is 0 Å². The van der Waals surface area contributed by atoms with Gasteiger partial charge in [-0.1, -0.05) is 30.3 Å². The van der Waals surface area contributed by atoms with E-state index in [4.69, 9.17) is 10.1 Å². The van der Waals surface area contributed by atoms with E-state index in [1.165, 1.54) is 12.1 Å². The van der Waals surface area contributed by atoms with Crippen LogP contribution < -0.4 is 5.14 Å². The average Bonchev–Trinajstić information content (AvgIpc) is 3.12. The maximum absolute atomic E-state index is 11.6. The van der Waals surface area contributed by atoms with Crippen molar-refractivity contribution in [2.75, 3.05) is 0 Å². The van der Waals surface area contributed by atoms with Gasteiger partial charge in [-0.3, -0.25) is 4.57 Å². The molecule has 0 bridgehead atoms. The summed E-state index contributed by atoms with van der Waals surface area (Å²) in [4.78, 5) is 9.15. The van der Waals surface area contributed by atoms with E-state index in [1.807, 2.05) is 34.9 Å². The summed E-state index contributed by atoms with van der Waals surface area (Å²) < 4.78 is 25.2. The van der Waals surface area contributed by atoms with Crippen LogP contribution >= 0.6 is 0 Å². The number of sulfonamides is 1. The maximum atomic E-state index is 11.6. The Morgan fingerprint density at radius 2 is 1.59 bits per heavy atom. The Balaban J connectivity index is 1.76. The number of pyridine rings is 1. The Bertz CT molecular complexity index is 1470. The molecule has 5 aromatic rings. The molecule has 142 valence electrons. The molecule has 2 heterocycles. The molecule has 0 saturated heterocycles. The van der Waals surface area contributed by atoms with Gasteiger partial charge in [-0.15, -0.1) is 0 Å². The number of imidazole rings is 1. The van der Waals surface area contributed by atoms with Crippen LogP contribution in [0.3, 0.4) is 0 Å². The molecule has 0 radical (unpaired) electrons. The maximum Gasteiger partial charge on any atom is 0.238 e. The Labute approximate surface area is 167 Å². The van der Waals surface area contributed by atoms with E-state index >= 15 is 0 Å². The number of rotatable bonds is 3. The van der Waals surface area contributed by atoms with E-state index in [0.29, 0.717) is 11.5 Å². The number of hydrogen-bond acceptors (Lipinski definition) is 4. The predicted octanol–water partition coefficient (Wildman–Crippen LogP) is 3.89. The van der Waals surface area contributed by atoms with E-state index < -0.39 is 10.0 Å². The lowest BCUT2D eigenvalue weighted by Gasteiger charge is -2.11. The Hall–Kier alpha value is -3.55. The van der Waals surface area contributed by atoms with E-state index in [9.17, 15) is 8.42 Å². The first-order valence-electron chi connectivity index (χ1n) is 8.97. The second-order valence-electron chi connectivity index (χ2n) is 6.72. The fourth-order valence-electron chi connectivity index (χ4n) is 3.48. The summed E-state index contributed by atoms with van der Waals surface area (Å²) in [5.74, 6) is 0.676. The molecule has 29 heavy (non-hydrogen) atoms. The van der Waals surface area contributed by atoms with Crippen molar-refractivity contribution in [2.45, 2.75) is 4.90 Å². The molecule has 2 aromatic heterocycles. The summed E-state index contributed by atoms with van der Waals surface area (Å²) in [5, 5.41) is 7.49. The monoisotopic (exact) mass is 400 g/mol. The quantitative estimate of drug-likeness (QED) is 0.497. The van der Waals surface area contributed by atoms with Crippen LogP contribution in [0, 0.1) is 0 Å². The van der Waals surface area contributed by atoms with Crippen molar-refractivity contribution in [3.8, 4) is 17.1 Å². The van der Waals surface area contributed by atoms with Gasteiger partial charge in [0, 0.05) is 17.4 Å². The van der Waals surface area contributed by atoms with Gasteiger partial charge in [-0.05, 0) is 59.3 Å². The minimum absolute atomic E-state index is 0.0627.